The molecule has 0 saturated carbocycles. The number of carbonyl (C=O) groups excluding carboxylic acids is 1. The van der Waals surface area contributed by atoms with E-state index in [0.29, 0.717) is 31.0 Å². The van der Waals surface area contributed by atoms with E-state index in [1.807, 2.05) is 23.1 Å². The fourth-order valence-electron chi connectivity index (χ4n) is 5.46. The number of aromatic nitrogens is 1. The number of amides is 1. The van der Waals surface area contributed by atoms with Crippen molar-refractivity contribution in [1.82, 2.24) is 13.8 Å². The molecule has 0 spiro atoms. The summed E-state index contributed by atoms with van der Waals surface area (Å²) in [6, 6.07) is 12.8. The fourth-order valence-corrected chi connectivity index (χ4v) is 6.86. The highest BCUT2D eigenvalue weighted by molar-refractivity contribution is 7.89. The normalized spacial score (nSPS) is 16.7. The van der Waals surface area contributed by atoms with Gasteiger partial charge in [-0.15, -0.1) is 0 Å². The molecule has 9 heteroatoms. The van der Waals surface area contributed by atoms with E-state index in [1.54, 1.807) is 12.1 Å². The van der Waals surface area contributed by atoms with Crippen molar-refractivity contribution in [3.05, 3.63) is 59.8 Å². The molecule has 1 saturated heterocycles. The summed E-state index contributed by atoms with van der Waals surface area (Å²) in [4.78, 5) is 15.1. The van der Waals surface area contributed by atoms with Crippen LogP contribution < -0.4 is 9.47 Å². The average molecular weight is 524 g/mol. The average Bonchev–Trinajstić information content (AvgIpc) is 3.55. The molecule has 1 amide bonds. The minimum absolute atomic E-state index is 0.151. The Bertz CT molecular complexity index is 1470. The lowest BCUT2D eigenvalue weighted by Crippen LogP contribution is -2.34. The number of likely N-dealkylation sites (tertiary alicyclic amines) is 1. The van der Waals surface area contributed by atoms with E-state index in [4.69, 9.17) is 9.47 Å². The minimum atomic E-state index is -3.70. The Labute approximate surface area is 218 Å². The van der Waals surface area contributed by atoms with Crippen molar-refractivity contribution in [2.24, 2.45) is 0 Å². The smallest absolute Gasteiger partial charge is 0.243 e. The first-order chi connectivity index (χ1) is 17.8. The molecule has 0 bridgehead atoms. The molecule has 0 aliphatic carbocycles. The quantitative estimate of drug-likeness (QED) is 0.467. The second-order valence-corrected chi connectivity index (χ2v) is 11.4. The van der Waals surface area contributed by atoms with Crippen LogP contribution in [-0.2, 0) is 21.4 Å². The Morgan fingerprint density at radius 1 is 0.973 bits per heavy atom. The Balaban J connectivity index is 1.43. The Morgan fingerprint density at radius 2 is 1.70 bits per heavy atom. The molecule has 0 atom stereocenters. The van der Waals surface area contributed by atoms with Gasteiger partial charge in [-0.1, -0.05) is 24.3 Å². The van der Waals surface area contributed by atoms with Crippen LogP contribution in [0.5, 0.6) is 11.5 Å². The summed E-state index contributed by atoms with van der Waals surface area (Å²) in [5.41, 5.74) is 4.29. The zero-order valence-electron chi connectivity index (χ0n) is 21.6. The second kappa shape index (κ2) is 10.2. The Hall–Kier alpha value is -3.30. The first kappa shape index (κ1) is 25.4. The zero-order valence-corrected chi connectivity index (χ0v) is 22.4. The molecule has 2 aliphatic rings. The van der Waals surface area contributed by atoms with Crippen molar-refractivity contribution in [3.63, 3.8) is 0 Å². The lowest BCUT2D eigenvalue weighted by atomic mass is 9.97. The third kappa shape index (κ3) is 4.62. The largest absolute Gasteiger partial charge is 0.493 e. The Morgan fingerprint density at radius 3 is 2.38 bits per heavy atom. The standard InChI is InChI=1S/C28H33N3O5S/c1-20-28(23-8-4-5-9-24(23)31(20)19-27(32)29-14-6-7-15-29)21-12-16-30(17-13-21)37(33,34)22-10-11-25(35-2)26(18-22)36-3/h4-5,8-12,18H,6-7,13-17,19H2,1-3H3. The lowest BCUT2D eigenvalue weighted by Gasteiger charge is -2.26. The first-order valence-electron chi connectivity index (χ1n) is 12.6. The molecule has 2 aromatic carbocycles. The van der Waals surface area contributed by atoms with Crippen LogP contribution >= 0.6 is 0 Å². The van der Waals surface area contributed by atoms with Gasteiger partial charge in [0.15, 0.2) is 11.5 Å². The van der Waals surface area contributed by atoms with Gasteiger partial charge in [-0.2, -0.15) is 4.31 Å². The molecule has 1 aromatic heterocycles. The topological polar surface area (TPSA) is 81.1 Å². The van der Waals surface area contributed by atoms with Crippen LogP contribution in [0, 0.1) is 6.92 Å². The number of hydrogen-bond acceptors (Lipinski definition) is 5. The number of rotatable bonds is 7. The molecule has 5 rings (SSSR count). The van der Waals surface area contributed by atoms with Crippen molar-refractivity contribution in [2.75, 3.05) is 40.4 Å². The zero-order chi connectivity index (χ0) is 26.2. The third-order valence-corrected chi connectivity index (χ3v) is 9.33. The second-order valence-electron chi connectivity index (χ2n) is 9.51. The van der Waals surface area contributed by atoms with Gasteiger partial charge in [0.05, 0.1) is 19.1 Å². The van der Waals surface area contributed by atoms with Gasteiger partial charge >= 0.3 is 0 Å². The van der Waals surface area contributed by atoms with Crippen molar-refractivity contribution >= 4 is 32.4 Å². The van der Waals surface area contributed by atoms with Crippen LogP contribution in [-0.4, -0.2) is 68.5 Å². The number of benzene rings is 2. The van der Waals surface area contributed by atoms with Gasteiger partial charge in [0.2, 0.25) is 15.9 Å². The van der Waals surface area contributed by atoms with Crippen LogP contribution in [0.4, 0.5) is 0 Å². The van der Waals surface area contributed by atoms with E-state index < -0.39 is 10.0 Å². The van der Waals surface area contributed by atoms with Gasteiger partial charge in [-0.25, -0.2) is 8.42 Å². The van der Waals surface area contributed by atoms with Gasteiger partial charge in [0, 0.05) is 54.4 Å². The molecule has 3 heterocycles. The monoisotopic (exact) mass is 523 g/mol. The molecule has 8 nitrogen and oxygen atoms in total. The number of fused-ring (bicyclic) bond motifs is 1. The van der Waals surface area contributed by atoms with Crippen LogP contribution in [0.2, 0.25) is 0 Å². The van der Waals surface area contributed by atoms with Gasteiger partial charge in [-0.05, 0) is 50.0 Å². The van der Waals surface area contributed by atoms with Crippen molar-refractivity contribution in [1.29, 1.82) is 0 Å². The molecule has 0 radical (unpaired) electrons. The highest BCUT2D eigenvalue weighted by atomic mass is 32.2. The van der Waals surface area contributed by atoms with E-state index in [9.17, 15) is 13.2 Å². The number of sulfonamides is 1. The summed E-state index contributed by atoms with van der Waals surface area (Å²) >= 11 is 0. The molecule has 196 valence electrons. The summed E-state index contributed by atoms with van der Waals surface area (Å²) in [6.45, 7) is 4.68. The van der Waals surface area contributed by atoms with Crippen molar-refractivity contribution < 1.29 is 22.7 Å². The number of carbonyl (C=O) groups is 1. The predicted octanol–water partition coefficient (Wildman–Crippen LogP) is 4.07. The number of para-hydroxylation sites is 1. The van der Waals surface area contributed by atoms with Crippen LogP contribution in [0.15, 0.2) is 53.4 Å². The molecule has 0 unspecified atom stereocenters. The third-order valence-electron chi connectivity index (χ3n) is 7.47. The molecular weight excluding hydrogens is 490 g/mol. The maximum Gasteiger partial charge on any atom is 0.243 e. The van der Waals surface area contributed by atoms with Crippen LogP contribution in [0.1, 0.15) is 30.5 Å². The summed E-state index contributed by atoms with van der Waals surface area (Å²) in [6.07, 6.45) is 4.72. The highest BCUT2D eigenvalue weighted by Gasteiger charge is 2.29. The predicted molar refractivity (Wildman–Crippen MR) is 143 cm³/mol. The van der Waals surface area contributed by atoms with Gasteiger partial charge in [0.1, 0.15) is 6.54 Å². The van der Waals surface area contributed by atoms with Crippen molar-refractivity contribution in [2.45, 2.75) is 37.6 Å². The maximum absolute atomic E-state index is 13.4. The number of methoxy groups -OCH3 is 2. The molecule has 37 heavy (non-hydrogen) atoms. The number of hydrogen-bond donors (Lipinski definition) is 0. The minimum Gasteiger partial charge on any atom is -0.493 e. The summed E-state index contributed by atoms with van der Waals surface area (Å²) < 4.78 is 40.9. The van der Waals surface area contributed by atoms with E-state index >= 15 is 0 Å². The van der Waals surface area contributed by atoms with Crippen molar-refractivity contribution in [3.8, 4) is 11.5 Å². The van der Waals surface area contributed by atoms with E-state index in [0.717, 1.165) is 53.7 Å². The summed E-state index contributed by atoms with van der Waals surface area (Å²) in [7, 11) is -0.694. The Kier molecular flexibility index (Phi) is 7.00. The van der Waals surface area contributed by atoms with Crippen LogP contribution in [0.25, 0.3) is 16.5 Å². The van der Waals surface area contributed by atoms with E-state index in [-0.39, 0.29) is 17.3 Å². The van der Waals surface area contributed by atoms with Gasteiger partial charge < -0.3 is 18.9 Å². The van der Waals surface area contributed by atoms with Gasteiger partial charge in [-0.3, -0.25) is 4.79 Å². The molecule has 2 aliphatic heterocycles. The molecule has 3 aromatic rings. The SMILES string of the molecule is COc1ccc(S(=O)(=O)N2CC=C(c3c(C)n(CC(=O)N4CCCC4)c4ccccc34)CC2)cc1OC. The van der Waals surface area contributed by atoms with E-state index in [1.165, 1.54) is 24.6 Å². The highest BCUT2D eigenvalue weighted by Crippen LogP contribution is 2.36. The maximum atomic E-state index is 13.4. The molecular formula is C28H33N3O5S. The first-order valence-corrected chi connectivity index (χ1v) is 14.1. The lowest BCUT2D eigenvalue weighted by molar-refractivity contribution is -0.130. The summed E-state index contributed by atoms with van der Waals surface area (Å²) in [5, 5.41) is 1.09. The number of nitrogens with zero attached hydrogens (tertiary/aromatic N) is 3. The van der Waals surface area contributed by atoms with Gasteiger partial charge in [0.25, 0.3) is 0 Å². The number of ether oxygens (including phenoxy) is 2. The fraction of sp³-hybridized carbons (Fsp3) is 0.393. The van der Waals surface area contributed by atoms with E-state index in [2.05, 4.69) is 23.6 Å². The molecule has 1 fully saturated rings. The van der Waals surface area contributed by atoms with Crippen LogP contribution in [0.3, 0.4) is 0 Å². The summed E-state index contributed by atoms with van der Waals surface area (Å²) in [5.74, 6) is 1.01. The molecule has 0 N–H and O–H groups in total.